The number of carbonyl (C=O) groups is 1. The summed E-state index contributed by atoms with van der Waals surface area (Å²) in [6, 6.07) is 5.48. The molecular formula is C23H29N5O4S. The average molecular weight is 472 g/mol. The monoisotopic (exact) mass is 471 g/mol. The van der Waals surface area contributed by atoms with E-state index >= 15 is 0 Å². The van der Waals surface area contributed by atoms with Crippen LogP contribution in [-0.4, -0.2) is 51.8 Å². The largest absolute Gasteiger partial charge is 0.493 e. The minimum atomic E-state index is -0.281. The van der Waals surface area contributed by atoms with Crippen molar-refractivity contribution >= 4 is 28.7 Å². The van der Waals surface area contributed by atoms with Crippen LogP contribution in [0.1, 0.15) is 38.8 Å². The standard InChI is InChI=1S/C23H29N5O4S/c1-23(2,3)28-20-16(12-25-28)21(30)27-15(13-33-22(27)26-20)11-19(29)24-9-8-14-6-7-17(31-4)18(10-14)32-5/h6-7,10,12,15H,8-9,11,13H2,1-5H3,(H,24,29). The first kappa shape index (κ1) is 23.2. The fourth-order valence-corrected chi connectivity index (χ4v) is 5.07. The zero-order valence-electron chi connectivity index (χ0n) is 19.5. The summed E-state index contributed by atoms with van der Waals surface area (Å²) in [5.74, 6) is 1.88. The number of rotatable bonds is 7. The first-order chi connectivity index (χ1) is 15.7. The number of methoxy groups -OCH3 is 2. The topological polar surface area (TPSA) is 100 Å². The first-order valence-electron chi connectivity index (χ1n) is 10.8. The number of thioether (sulfide) groups is 1. The molecule has 9 nitrogen and oxygen atoms in total. The lowest BCUT2D eigenvalue weighted by Crippen LogP contribution is -2.32. The molecule has 0 saturated heterocycles. The summed E-state index contributed by atoms with van der Waals surface area (Å²) >= 11 is 1.50. The van der Waals surface area contributed by atoms with Crippen molar-refractivity contribution in [3.05, 3.63) is 40.3 Å². The third-order valence-electron chi connectivity index (χ3n) is 5.61. The molecule has 3 heterocycles. The van der Waals surface area contributed by atoms with Crippen LogP contribution < -0.4 is 20.3 Å². The smallest absolute Gasteiger partial charge is 0.265 e. The number of nitrogens with one attached hydrogen (secondary N) is 1. The number of hydrogen-bond donors (Lipinski definition) is 1. The van der Waals surface area contributed by atoms with Gasteiger partial charge in [-0.05, 0) is 44.9 Å². The summed E-state index contributed by atoms with van der Waals surface area (Å²) in [7, 11) is 3.19. The molecule has 0 spiro atoms. The van der Waals surface area contributed by atoms with Gasteiger partial charge in [-0.2, -0.15) is 5.10 Å². The summed E-state index contributed by atoms with van der Waals surface area (Å²) in [5, 5.41) is 8.47. The molecule has 1 aliphatic rings. The third-order valence-corrected chi connectivity index (χ3v) is 6.71. The zero-order chi connectivity index (χ0) is 23.8. The first-order valence-corrected chi connectivity index (χ1v) is 11.8. The Morgan fingerprint density at radius 3 is 2.70 bits per heavy atom. The van der Waals surface area contributed by atoms with Crippen molar-refractivity contribution < 1.29 is 14.3 Å². The highest BCUT2D eigenvalue weighted by Gasteiger charge is 2.30. The van der Waals surface area contributed by atoms with Gasteiger partial charge in [0.15, 0.2) is 22.3 Å². The molecule has 1 amide bonds. The van der Waals surface area contributed by atoms with Crippen LogP contribution in [-0.2, 0) is 16.8 Å². The summed E-state index contributed by atoms with van der Waals surface area (Å²) in [5.41, 5.74) is 1.20. The second kappa shape index (κ2) is 9.09. The molecule has 1 aromatic carbocycles. The minimum Gasteiger partial charge on any atom is -0.493 e. The second-order valence-electron chi connectivity index (χ2n) is 8.99. The number of carbonyl (C=O) groups excluding carboxylic acids is 1. The second-order valence-corrected chi connectivity index (χ2v) is 9.98. The molecule has 0 radical (unpaired) electrons. The van der Waals surface area contributed by atoms with E-state index in [1.165, 1.54) is 11.8 Å². The van der Waals surface area contributed by atoms with Crippen LogP contribution in [0.2, 0.25) is 0 Å². The van der Waals surface area contributed by atoms with Gasteiger partial charge in [-0.1, -0.05) is 17.8 Å². The Bertz CT molecular complexity index is 1240. The van der Waals surface area contributed by atoms with Crippen LogP contribution in [0.4, 0.5) is 0 Å². The van der Waals surface area contributed by atoms with Crippen LogP contribution in [0.3, 0.4) is 0 Å². The van der Waals surface area contributed by atoms with Gasteiger partial charge in [-0.3, -0.25) is 14.2 Å². The van der Waals surface area contributed by atoms with E-state index in [4.69, 9.17) is 14.5 Å². The lowest BCUT2D eigenvalue weighted by Gasteiger charge is -2.20. The van der Waals surface area contributed by atoms with Gasteiger partial charge >= 0.3 is 0 Å². The van der Waals surface area contributed by atoms with E-state index < -0.39 is 0 Å². The van der Waals surface area contributed by atoms with E-state index in [-0.39, 0.29) is 29.5 Å². The predicted octanol–water partition coefficient (Wildman–Crippen LogP) is 2.76. The van der Waals surface area contributed by atoms with Crippen molar-refractivity contribution in [3.8, 4) is 11.5 Å². The van der Waals surface area contributed by atoms with E-state index in [2.05, 4.69) is 10.4 Å². The van der Waals surface area contributed by atoms with Crippen LogP contribution in [0.5, 0.6) is 11.5 Å². The molecule has 0 bridgehead atoms. The van der Waals surface area contributed by atoms with Gasteiger partial charge in [-0.15, -0.1) is 0 Å². The summed E-state index contributed by atoms with van der Waals surface area (Å²) in [6.45, 7) is 6.56. The van der Waals surface area contributed by atoms with Gasteiger partial charge in [0.1, 0.15) is 5.39 Å². The number of amides is 1. The van der Waals surface area contributed by atoms with Gasteiger partial charge < -0.3 is 14.8 Å². The fourth-order valence-electron chi connectivity index (χ4n) is 3.94. The van der Waals surface area contributed by atoms with Gasteiger partial charge in [-0.25, -0.2) is 9.67 Å². The van der Waals surface area contributed by atoms with Crippen molar-refractivity contribution in [3.63, 3.8) is 0 Å². The zero-order valence-corrected chi connectivity index (χ0v) is 20.4. The molecule has 4 rings (SSSR count). The molecule has 3 aromatic rings. The fraction of sp³-hybridized carbons (Fsp3) is 0.478. The molecule has 0 aliphatic carbocycles. The SMILES string of the molecule is COc1ccc(CCNC(=O)CC2CSc3nc4c(cnn4C(C)(C)C)c(=O)n32)cc1OC. The normalized spacial score (nSPS) is 15.5. The molecular weight excluding hydrogens is 442 g/mol. The third kappa shape index (κ3) is 4.57. The quantitative estimate of drug-likeness (QED) is 0.529. The van der Waals surface area contributed by atoms with E-state index in [0.717, 1.165) is 5.56 Å². The van der Waals surface area contributed by atoms with Crippen LogP contribution in [0.25, 0.3) is 11.0 Å². The molecule has 1 aliphatic heterocycles. The number of aromatic nitrogens is 4. The maximum absolute atomic E-state index is 13.2. The van der Waals surface area contributed by atoms with Crippen LogP contribution in [0, 0.1) is 0 Å². The van der Waals surface area contributed by atoms with Gasteiger partial charge in [0.25, 0.3) is 5.56 Å². The summed E-state index contributed by atoms with van der Waals surface area (Å²) in [4.78, 5) is 30.5. The predicted molar refractivity (Wildman–Crippen MR) is 127 cm³/mol. The van der Waals surface area contributed by atoms with Crippen molar-refractivity contribution in [2.24, 2.45) is 0 Å². The van der Waals surface area contributed by atoms with Crippen molar-refractivity contribution in [2.75, 3.05) is 26.5 Å². The number of fused-ring (bicyclic) bond motifs is 2. The Morgan fingerprint density at radius 2 is 2.00 bits per heavy atom. The lowest BCUT2D eigenvalue weighted by molar-refractivity contribution is -0.121. The molecule has 1 unspecified atom stereocenters. The number of benzene rings is 1. The summed E-state index contributed by atoms with van der Waals surface area (Å²) < 4.78 is 14.0. The van der Waals surface area contributed by atoms with E-state index in [0.29, 0.717) is 46.4 Å². The Balaban J connectivity index is 1.42. The highest BCUT2D eigenvalue weighted by Crippen LogP contribution is 2.33. The van der Waals surface area contributed by atoms with E-state index in [1.807, 2.05) is 39.0 Å². The number of hydrogen-bond acceptors (Lipinski definition) is 7. The van der Waals surface area contributed by atoms with Gasteiger partial charge in [0.2, 0.25) is 5.91 Å². The van der Waals surface area contributed by atoms with Crippen LogP contribution >= 0.6 is 11.8 Å². The summed E-state index contributed by atoms with van der Waals surface area (Å²) in [6.07, 6.45) is 2.47. The average Bonchev–Trinajstić information content (AvgIpc) is 3.38. The Labute approximate surface area is 196 Å². The Kier molecular flexibility index (Phi) is 6.38. The molecule has 0 fully saturated rings. The minimum absolute atomic E-state index is 0.0914. The van der Waals surface area contributed by atoms with Crippen molar-refractivity contribution in [2.45, 2.75) is 50.4 Å². The highest BCUT2D eigenvalue weighted by atomic mass is 32.2. The molecule has 176 valence electrons. The van der Waals surface area contributed by atoms with Crippen LogP contribution in [0.15, 0.2) is 34.3 Å². The Morgan fingerprint density at radius 1 is 1.24 bits per heavy atom. The molecule has 1 N–H and O–H groups in total. The van der Waals surface area contributed by atoms with Crippen molar-refractivity contribution in [1.82, 2.24) is 24.6 Å². The van der Waals surface area contributed by atoms with Crippen molar-refractivity contribution in [1.29, 1.82) is 0 Å². The molecule has 10 heteroatoms. The highest BCUT2D eigenvalue weighted by molar-refractivity contribution is 7.99. The van der Waals surface area contributed by atoms with E-state index in [9.17, 15) is 9.59 Å². The molecule has 0 saturated carbocycles. The van der Waals surface area contributed by atoms with Gasteiger partial charge in [0.05, 0.1) is 32.0 Å². The number of ether oxygens (including phenoxy) is 2. The van der Waals surface area contributed by atoms with Gasteiger partial charge in [0, 0.05) is 18.7 Å². The van der Waals surface area contributed by atoms with E-state index in [1.54, 1.807) is 29.7 Å². The Hall–Kier alpha value is -3.01. The lowest BCUT2D eigenvalue weighted by atomic mass is 10.1. The molecule has 2 aromatic heterocycles. The maximum Gasteiger partial charge on any atom is 0.265 e. The number of nitrogens with zero attached hydrogens (tertiary/aromatic N) is 4. The maximum atomic E-state index is 13.2. The molecule has 33 heavy (non-hydrogen) atoms. The molecule has 1 atom stereocenters.